The highest BCUT2D eigenvalue weighted by atomic mass is 32.2. The zero-order valence-electron chi connectivity index (χ0n) is 16.7. The molecule has 1 fully saturated rings. The molecule has 27 heavy (non-hydrogen) atoms. The third kappa shape index (κ3) is 4.68. The van der Waals surface area contributed by atoms with Gasteiger partial charge in [0.2, 0.25) is 15.9 Å². The van der Waals surface area contributed by atoms with Crippen LogP contribution < -0.4 is 5.32 Å². The zero-order chi connectivity index (χ0) is 20.4. The Hall–Kier alpha value is -1.93. The molecule has 0 aliphatic carbocycles. The Morgan fingerprint density at radius 1 is 1.15 bits per heavy atom. The molecule has 1 atom stereocenters. The number of amides is 2. The fourth-order valence-electron chi connectivity index (χ4n) is 3.09. The predicted molar refractivity (Wildman–Crippen MR) is 104 cm³/mol. The first-order valence-corrected chi connectivity index (χ1v) is 10.6. The van der Waals surface area contributed by atoms with Gasteiger partial charge in [0.15, 0.2) is 0 Å². The van der Waals surface area contributed by atoms with Crippen molar-refractivity contribution in [3.63, 3.8) is 0 Å². The molecule has 1 aliphatic heterocycles. The second-order valence-corrected chi connectivity index (χ2v) is 9.62. The monoisotopic (exact) mass is 395 g/mol. The number of hydrogen-bond acceptors (Lipinski definition) is 4. The molecule has 1 aliphatic rings. The van der Waals surface area contributed by atoms with E-state index in [9.17, 15) is 18.0 Å². The Kier molecular flexibility index (Phi) is 6.64. The summed E-state index contributed by atoms with van der Waals surface area (Å²) in [5.74, 6) is -0.599. The molecule has 1 aromatic carbocycles. The van der Waals surface area contributed by atoms with E-state index in [1.165, 1.54) is 20.2 Å². The smallest absolute Gasteiger partial charge is 0.251 e. The van der Waals surface area contributed by atoms with E-state index in [0.717, 1.165) is 17.1 Å². The van der Waals surface area contributed by atoms with Gasteiger partial charge in [0.25, 0.3) is 5.91 Å². The van der Waals surface area contributed by atoms with E-state index < -0.39 is 22.0 Å². The SMILES string of the molecule is Cc1ccc(C(=O)N[C@H](C(=O)N2CCCC2)C(C)C)cc1S(=O)(=O)N(C)C. The minimum atomic E-state index is -3.66. The van der Waals surface area contributed by atoms with Crippen LogP contribution in [-0.2, 0) is 14.8 Å². The Morgan fingerprint density at radius 3 is 2.26 bits per heavy atom. The van der Waals surface area contributed by atoms with Crippen molar-refractivity contribution in [2.75, 3.05) is 27.2 Å². The maximum Gasteiger partial charge on any atom is 0.251 e. The summed E-state index contributed by atoms with van der Waals surface area (Å²) < 4.78 is 26.1. The van der Waals surface area contributed by atoms with Crippen LogP contribution in [0.25, 0.3) is 0 Å². The van der Waals surface area contributed by atoms with Gasteiger partial charge < -0.3 is 10.2 Å². The lowest BCUT2D eigenvalue weighted by atomic mass is 10.0. The van der Waals surface area contributed by atoms with Crippen molar-refractivity contribution in [2.45, 2.75) is 44.6 Å². The fraction of sp³-hybridized carbons (Fsp3) is 0.579. The van der Waals surface area contributed by atoms with Crippen molar-refractivity contribution in [1.82, 2.24) is 14.5 Å². The number of nitrogens with one attached hydrogen (secondary N) is 1. The molecular formula is C19H29N3O4S. The number of carbonyl (C=O) groups excluding carboxylic acids is 2. The Morgan fingerprint density at radius 2 is 1.74 bits per heavy atom. The van der Waals surface area contributed by atoms with Crippen LogP contribution >= 0.6 is 0 Å². The first-order chi connectivity index (χ1) is 12.6. The number of rotatable bonds is 6. The molecule has 7 nitrogen and oxygen atoms in total. The van der Waals surface area contributed by atoms with Crippen molar-refractivity contribution in [3.8, 4) is 0 Å². The number of hydrogen-bond donors (Lipinski definition) is 1. The van der Waals surface area contributed by atoms with Gasteiger partial charge in [0, 0.05) is 32.7 Å². The van der Waals surface area contributed by atoms with E-state index in [4.69, 9.17) is 0 Å². The van der Waals surface area contributed by atoms with Crippen molar-refractivity contribution < 1.29 is 18.0 Å². The topological polar surface area (TPSA) is 86.8 Å². The number of carbonyl (C=O) groups is 2. The average Bonchev–Trinajstić information content (AvgIpc) is 3.13. The third-order valence-electron chi connectivity index (χ3n) is 4.85. The molecule has 1 N–H and O–H groups in total. The van der Waals surface area contributed by atoms with E-state index in [2.05, 4.69) is 5.32 Å². The quantitative estimate of drug-likeness (QED) is 0.793. The normalized spacial score (nSPS) is 16.0. The molecule has 2 amide bonds. The molecule has 1 heterocycles. The summed E-state index contributed by atoms with van der Waals surface area (Å²) in [5.41, 5.74) is 0.787. The van der Waals surface area contributed by atoms with E-state index in [0.29, 0.717) is 18.7 Å². The molecule has 0 radical (unpaired) electrons. The summed E-state index contributed by atoms with van der Waals surface area (Å²) in [5, 5.41) is 2.80. The van der Waals surface area contributed by atoms with Gasteiger partial charge in [-0.05, 0) is 43.4 Å². The van der Waals surface area contributed by atoms with Crippen LogP contribution in [0.2, 0.25) is 0 Å². The maximum absolute atomic E-state index is 12.7. The zero-order valence-corrected chi connectivity index (χ0v) is 17.5. The maximum atomic E-state index is 12.7. The summed E-state index contributed by atoms with van der Waals surface area (Å²) in [6.45, 7) is 6.89. The predicted octanol–water partition coefficient (Wildman–Crippen LogP) is 1.62. The second-order valence-electron chi connectivity index (χ2n) is 7.50. The van der Waals surface area contributed by atoms with Gasteiger partial charge >= 0.3 is 0 Å². The van der Waals surface area contributed by atoms with Crippen molar-refractivity contribution in [1.29, 1.82) is 0 Å². The third-order valence-corrected chi connectivity index (χ3v) is 6.80. The minimum absolute atomic E-state index is 0.0718. The van der Waals surface area contributed by atoms with Gasteiger partial charge in [-0.15, -0.1) is 0 Å². The molecule has 0 saturated carbocycles. The highest BCUT2D eigenvalue weighted by molar-refractivity contribution is 7.89. The van der Waals surface area contributed by atoms with Crippen molar-refractivity contribution in [3.05, 3.63) is 29.3 Å². The summed E-state index contributed by atoms with van der Waals surface area (Å²) in [6, 6.07) is 3.93. The number of benzene rings is 1. The molecule has 0 spiro atoms. The van der Waals surface area contributed by atoms with Gasteiger partial charge in [-0.1, -0.05) is 19.9 Å². The highest BCUT2D eigenvalue weighted by Crippen LogP contribution is 2.20. The molecular weight excluding hydrogens is 366 g/mol. The number of sulfonamides is 1. The molecule has 2 rings (SSSR count). The fourth-order valence-corrected chi connectivity index (χ4v) is 4.23. The van der Waals surface area contributed by atoms with E-state index in [-0.39, 0.29) is 22.3 Å². The van der Waals surface area contributed by atoms with Crippen LogP contribution in [0, 0.1) is 12.8 Å². The number of nitrogens with zero attached hydrogens (tertiary/aromatic N) is 2. The molecule has 0 unspecified atom stereocenters. The first kappa shape index (κ1) is 21.4. The van der Waals surface area contributed by atoms with Gasteiger partial charge in [-0.3, -0.25) is 9.59 Å². The number of likely N-dealkylation sites (tertiary alicyclic amines) is 1. The summed E-state index contributed by atoms with van der Waals surface area (Å²) in [6.07, 6.45) is 1.96. The van der Waals surface area contributed by atoms with Crippen molar-refractivity contribution >= 4 is 21.8 Å². The Balaban J connectivity index is 2.27. The number of aryl methyl sites for hydroxylation is 1. The van der Waals surface area contributed by atoms with Gasteiger partial charge in [-0.25, -0.2) is 12.7 Å². The summed E-state index contributed by atoms with van der Waals surface area (Å²) in [4.78, 5) is 27.4. The molecule has 1 aromatic rings. The molecule has 150 valence electrons. The van der Waals surface area contributed by atoms with E-state index in [1.54, 1.807) is 24.0 Å². The average molecular weight is 396 g/mol. The second kappa shape index (κ2) is 8.39. The Bertz CT molecular complexity index is 812. The van der Waals surface area contributed by atoms with Crippen molar-refractivity contribution in [2.24, 2.45) is 5.92 Å². The van der Waals surface area contributed by atoms with Crippen LogP contribution in [0.4, 0.5) is 0 Å². The minimum Gasteiger partial charge on any atom is -0.341 e. The van der Waals surface area contributed by atoms with E-state index in [1.807, 2.05) is 13.8 Å². The first-order valence-electron chi connectivity index (χ1n) is 9.18. The Labute approximate surface area is 161 Å². The molecule has 0 aromatic heterocycles. The summed E-state index contributed by atoms with van der Waals surface area (Å²) >= 11 is 0. The van der Waals surface area contributed by atoms with Crippen LogP contribution in [0.3, 0.4) is 0 Å². The van der Waals surface area contributed by atoms with Crippen LogP contribution in [-0.4, -0.2) is 62.7 Å². The standard InChI is InChI=1S/C19H29N3O4S/c1-13(2)17(19(24)22-10-6-7-11-22)20-18(23)15-9-8-14(3)16(12-15)27(25,26)21(4)5/h8-9,12-13,17H,6-7,10-11H2,1-5H3,(H,20,23)/t17-/m0/s1. The van der Waals surface area contributed by atoms with Gasteiger partial charge in [0.1, 0.15) is 6.04 Å². The van der Waals surface area contributed by atoms with E-state index >= 15 is 0 Å². The largest absolute Gasteiger partial charge is 0.341 e. The van der Waals surface area contributed by atoms with Crippen LogP contribution in [0.5, 0.6) is 0 Å². The van der Waals surface area contributed by atoms with Crippen LogP contribution in [0.15, 0.2) is 23.1 Å². The van der Waals surface area contributed by atoms with Crippen LogP contribution in [0.1, 0.15) is 42.6 Å². The molecule has 0 bridgehead atoms. The van der Waals surface area contributed by atoms with Gasteiger partial charge in [-0.2, -0.15) is 0 Å². The molecule has 8 heteroatoms. The summed E-state index contributed by atoms with van der Waals surface area (Å²) in [7, 11) is -0.761. The highest BCUT2D eigenvalue weighted by Gasteiger charge is 2.30. The molecule has 1 saturated heterocycles. The lowest BCUT2D eigenvalue weighted by Gasteiger charge is -2.26. The lowest BCUT2D eigenvalue weighted by molar-refractivity contribution is -0.133. The lowest BCUT2D eigenvalue weighted by Crippen LogP contribution is -2.50. The van der Waals surface area contributed by atoms with Gasteiger partial charge in [0.05, 0.1) is 4.90 Å².